The number of ether oxygens (including phenoxy) is 1. The second kappa shape index (κ2) is 4.37. The first kappa shape index (κ1) is 13.5. The molecular formula is C7H5F3INO3S. The number of halogens is 4. The maximum absolute atomic E-state index is 11.9. The maximum Gasteiger partial charge on any atom is 0.573 e. The maximum atomic E-state index is 11.9. The minimum atomic E-state index is -4.82. The molecule has 0 aliphatic rings. The van der Waals surface area contributed by atoms with E-state index in [1.165, 1.54) is 22.6 Å². The zero-order valence-corrected chi connectivity index (χ0v) is 10.4. The highest BCUT2D eigenvalue weighted by Gasteiger charge is 2.32. The minimum absolute atomic E-state index is 0.00134. The number of rotatable bonds is 2. The number of hydrogen-bond donors (Lipinski definition) is 1. The molecule has 0 unspecified atom stereocenters. The van der Waals surface area contributed by atoms with Crippen LogP contribution in [0.5, 0.6) is 5.75 Å². The first-order chi connectivity index (χ1) is 7.09. The molecule has 4 nitrogen and oxygen atoms in total. The van der Waals surface area contributed by atoms with Gasteiger partial charge < -0.3 is 4.74 Å². The highest BCUT2D eigenvalue weighted by atomic mass is 127. The van der Waals surface area contributed by atoms with Gasteiger partial charge in [-0.2, -0.15) is 0 Å². The van der Waals surface area contributed by atoms with E-state index in [-0.39, 0.29) is 8.47 Å². The molecule has 2 N–H and O–H groups in total. The van der Waals surface area contributed by atoms with E-state index >= 15 is 0 Å². The van der Waals surface area contributed by atoms with Crippen molar-refractivity contribution >= 4 is 32.6 Å². The van der Waals surface area contributed by atoms with Crippen LogP contribution in [-0.4, -0.2) is 14.8 Å². The summed E-state index contributed by atoms with van der Waals surface area (Å²) in [6.07, 6.45) is -4.82. The zero-order valence-electron chi connectivity index (χ0n) is 7.45. The lowest BCUT2D eigenvalue weighted by Crippen LogP contribution is -2.18. The van der Waals surface area contributed by atoms with E-state index in [2.05, 4.69) is 4.74 Å². The summed E-state index contributed by atoms with van der Waals surface area (Å²) in [6, 6.07) is 2.84. The second-order valence-electron chi connectivity index (χ2n) is 2.69. The molecule has 0 saturated carbocycles. The van der Waals surface area contributed by atoms with Crippen molar-refractivity contribution < 1.29 is 26.3 Å². The van der Waals surface area contributed by atoms with Crippen molar-refractivity contribution in [3.8, 4) is 5.75 Å². The van der Waals surface area contributed by atoms with Crippen molar-refractivity contribution in [1.29, 1.82) is 0 Å². The van der Waals surface area contributed by atoms with Gasteiger partial charge in [-0.3, -0.25) is 0 Å². The lowest BCUT2D eigenvalue weighted by Gasteiger charge is -2.10. The van der Waals surface area contributed by atoms with Crippen LogP contribution in [0.25, 0.3) is 0 Å². The van der Waals surface area contributed by atoms with E-state index in [9.17, 15) is 21.6 Å². The molecule has 1 aromatic carbocycles. The minimum Gasteiger partial charge on any atom is -0.405 e. The summed E-state index contributed by atoms with van der Waals surface area (Å²) in [5.74, 6) is -0.472. The summed E-state index contributed by atoms with van der Waals surface area (Å²) in [7, 11) is -3.93. The Morgan fingerprint density at radius 1 is 1.31 bits per heavy atom. The Morgan fingerprint density at radius 3 is 2.25 bits per heavy atom. The molecule has 0 saturated heterocycles. The van der Waals surface area contributed by atoms with Crippen LogP contribution in [0.15, 0.2) is 23.1 Å². The summed E-state index contributed by atoms with van der Waals surface area (Å²) in [4.78, 5) is -0.272. The van der Waals surface area contributed by atoms with Gasteiger partial charge in [0.05, 0.1) is 8.47 Å². The summed E-state index contributed by atoms with van der Waals surface area (Å²) in [5, 5.41) is 4.81. The highest BCUT2D eigenvalue weighted by molar-refractivity contribution is 14.1. The topological polar surface area (TPSA) is 69.4 Å². The molecular weight excluding hydrogens is 362 g/mol. The van der Waals surface area contributed by atoms with Crippen molar-refractivity contribution in [2.75, 3.05) is 0 Å². The predicted octanol–water partition coefficient (Wildman–Crippen LogP) is 1.84. The van der Waals surface area contributed by atoms with Gasteiger partial charge >= 0.3 is 6.36 Å². The van der Waals surface area contributed by atoms with Gasteiger partial charge in [0.15, 0.2) is 0 Å². The number of nitrogens with two attached hydrogens (primary N) is 1. The zero-order chi connectivity index (χ0) is 12.6. The summed E-state index contributed by atoms with van der Waals surface area (Å²) >= 11 is 1.52. The number of benzene rings is 1. The molecule has 0 aliphatic heterocycles. The third-order valence-corrected chi connectivity index (χ3v) is 3.21. The van der Waals surface area contributed by atoms with Crippen molar-refractivity contribution in [2.24, 2.45) is 5.14 Å². The van der Waals surface area contributed by atoms with Gasteiger partial charge in [-0.05, 0) is 40.8 Å². The first-order valence-corrected chi connectivity index (χ1v) is 6.30. The Kier molecular flexibility index (Phi) is 3.69. The fourth-order valence-electron chi connectivity index (χ4n) is 0.866. The molecule has 0 amide bonds. The Hall–Kier alpha value is -0.550. The SMILES string of the molecule is NS(=O)(=O)c1ccc(OC(F)(F)F)c(I)c1. The van der Waals surface area contributed by atoms with E-state index in [0.717, 1.165) is 18.2 Å². The molecule has 0 heterocycles. The van der Waals surface area contributed by atoms with Crippen LogP contribution in [0.3, 0.4) is 0 Å². The van der Waals surface area contributed by atoms with E-state index in [4.69, 9.17) is 5.14 Å². The predicted molar refractivity (Wildman–Crippen MR) is 57.2 cm³/mol. The summed E-state index contributed by atoms with van der Waals surface area (Å²) in [5.41, 5.74) is 0. The highest BCUT2D eigenvalue weighted by Crippen LogP contribution is 2.29. The Morgan fingerprint density at radius 2 is 1.88 bits per heavy atom. The fourth-order valence-corrected chi connectivity index (χ4v) is 2.24. The standard InChI is InChI=1S/C7H5F3INO3S/c8-7(9,10)15-6-2-1-4(3-5(6)11)16(12,13)14/h1-3H,(H2,12,13,14). The Labute approximate surface area is 103 Å². The van der Waals surface area contributed by atoms with Gasteiger partial charge in [0.25, 0.3) is 0 Å². The quantitative estimate of drug-likeness (QED) is 0.812. The normalized spacial score (nSPS) is 12.6. The molecule has 0 radical (unpaired) electrons. The molecule has 0 bridgehead atoms. The third kappa shape index (κ3) is 3.79. The number of sulfonamides is 1. The van der Waals surface area contributed by atoms with Crippen LogP contribution in [0.1, 0.15) is 0 Å². The van der Waals surface area contributed by atoms with Crippen LogP contribution < -0.4 is 9.88 Å². The van der Waals surface area contributed by atoms with Gasteiger partial charge in [0, 0.05) is 0 Å². The lowest BCUT2D eigenvalue weighted by atomic mass is 10.3. The second-order valence-corrected chi connectivity index (χ2v) is 5.41. The van der Waals surface area contributed by atoms with E-state index in [1.54, 1.807) is 0 Å². The molecule has 1 rings (SSSR count). The van der Waals surface area contributed by atoms with Crippen LogP contribution in [0.4, 0.5) is 13.2 Å². The van der Waals surface area contributed by atoms with E-state index in [0.29, 0.717) is 0 Å². The lowest BCUT2D eigenvalue weighted by molar-refractivity contribution is -0.275. The van der Waals surface area contributed by atoms with Crippen LogP contribution in [0.2, 0.25) is 0 Å². The summed E-state index contributed by atoms with van der Waals surface area (Å²) < 4.78 is 61.1. The molecule has 0 atom stereocenters. The molecule has 9 heteroatoms. The van der Waals surface area contributed by atoms with Gasteiger partial charge in [-0.15, -0.1) is 13.2 Å². The van der Waals surface area contributed by atoms with Gasteiger partial charge in [0.1, 0.15) is 5.75 Å². The van der Waals surface area contributed by atoms with Gasteiger partial charge in [0.2, 0.25) is 10.0 Å². The van der Waals surface area contributed by atoms with Crippen LogP contribution >= 0.6 is 22.6 Å². The van der Waals surface area contributed by atoms with Crippen LogP contribution in [0, 0.1) is 3.57 Å². The molecule has 90 valence electrons. The molecule has 1 aromatic rings. The number of primary sulfonamides is 1. The monoisotopic (exact) mass is 367 g/mol. The Balaban J connectivity index is 3.11. The van der Waals surface area contributed by atoms with Crippen molar-refractivity contribution in [2.45, 2.75) is 11.3 Å². The molecule has 0 aliphatic carbocycles. The fraction of sp³-hybridized carbons (Fsp3) is 0.143. The van der Waals surface area contributed by atoms with Crippen molar-refractivity contribution in [3.63, 3.8) is 0 Å². The largest absolute Gasteiger partial charge is 0.573 e. The van der Waals surface area contributed by atoms with Crippen molar-refractivity contribution in [3.05, 3.63) is 21.8 Å². The Bertz CT molecular complexity index is 500. The van der Waals surface area contributed by atoms with Crippen LogP contribution in [-0.2, 0) is 10.0 Å². The summed E-state index contributed by atoms with van der Waals surface area (Å²) in [6.45, 7) is 0. The van der Waals surface area contributed by atoms with E-state index < -0.39 is 22.1 Å². The first-order valence-electron chi connectivity index (χ1n) is 3.68. The van der Waals surface area contributed by atoms with Crippen molar-refractivity contribution in [1.82, 2.24) is 0 Å². The van der Waals surface area contributed by atoms with Gasteiger partial charge in [-0.25, -0.2) is 13.6 Å². The third-order valence-electron chi connectivity index (χ3n) is 1.46. The number of alkyl halides is 3. The molecule has 16 heavy (non-hydrogen) atoms. The molecule has 0 aromatic heterocycles. The molecule has 0 fully saturated rings. The van der Waals surface area contributed by atoms with E-state index in [1.807, 2.05) is 0 Å². The smallest absolute Gasteiger partial charge is 0.405 e. The average Bonchev–Trinajstić information content (AvgIpc) is 2.04. The molecule has 0 spiro atoms. The number of hydrogen-bond acceptors (Lipinski definition) is 3. The van der Waals surface area contributed by atoms with Gasteiger partial charge in [-0.1, -0.05) is 0 Å². The average molecular weight is 367 g/mol.